The third kappa shape index (κ3) is 3.80. The molecule has 0 saturated heterocycles. The van der Waals surface area contributed by atoms with Gasteiger partial charge in [-0.3, -0.25) is 0 Å². The maximum atomic E-state index is 12.2. The van der Waals surface area contributed by atoms with Gasteiger partial charge in [-0.25, -0.2) is 18.1 Å². The summed E-state index contributed by atoms with van der Waals surface area (Å²) in [6, 6.07) is 13.4. The van der Waals surface area contributed by atoms with Crippen molar-refractivity contribution in [2.75, 3.05) is 5.75 Å². The molecule has 0 saturated carbocycles. The molecule has 0 aliphatic carbocycles. The molecule has 1 aromatic carbocycles. The van der Waals surface area contributed by atoms with Crippen LogP contribution < -0.4 is 0 Å². The summed E-state index contributed by atoms with van der Waals surface area (Å²) in [7, 11) is -3.21. The van der Waals surface area contributed by atoms with Gasteiger partial charge < -0.3 is 0 Å². The number of rotatable bonds is 6. The highest BCUT2D eigenvalue weighted by molar-refractivity contribution is 7.90. The summed E-state index contributed by atoms with van der Waals surface area (Å²) in [6.07, 6.45) is 2.08. The fraction of sp³-hybridized carbons (Fsp3) is 0.200. The lowest BCUT2D eigenvalue weighted by atomic mass is 10.3. The van der Waals surface area contributed by atoms with Crippen LogP contribution in [0.5, 0.6) is 0 Å². The quantitative estimate of drug-likeness (QED) is 0.695. The summed E-state index contributed by atoms with van der Waals surface area (Å²) in [5.41, 5.74) is 0.859. The Morgan fingerprint density at radius 2 is 1.91 bits per heavy atom. The lowest BCUT2D eigenvalue weighted by Gasteiger charge is -2.01. The molecule has 0 aliphatic rings. The van der Waals surface area contributed by atoms with Crippen LogP contribution in [0.2, 0.25) is 0 Å². The van der Waals surface area contributed by atoms with Crippen molar-refractivity contribution < 1.29 is 8.42 Å². The van der Waals surface area contributed by atoms with Crippen LogP contribution in [0.1, 0.15) is 10.7 Å². The molecule has 0 amide bonds. The van der Waals surface area contributed by atoms with E-state index in [-0.39, 0.29) is 11.5 Å². The van der Waals surface area contributed by atoms with Crippen LogP contribution >= 0.6 is 11.3 Å². The second kappa shape index (κ2) is 6.41. The Morgan fingerprint density at radius 3 is 2.64 bits per heavy atom. The van der Waals surface area contributed by atoms with Crippen LogP contribution in [-0.4, -0.2) is 28.9 Å². The van der Waals surface area contributed by atoms with E-state index in [0.717, 1.165) is 10.6 Å². The molecule has 0 bridgehead atoms. The predicted molar refractivity (Wildman–Crippen MR) is 86.9 cm³/mol. The van der Waals surface area contributed by atoms with Gasteiger partial charge in [0.05, 0.1) is 11.4 Å². The van der Waals surface area contributed by atoms with Crippen LogP contribution in [0.25, 0.3) is 5.69 Å². The summed E-state index contributed by atoms with van der Waals surface area (Å²) in [4.78, 5) is 5.17. The van der Waals surface area contributed by atoms with Gasteiger partial charge in [-0.1, -0.05) is 24.3 Å². The van der Waals surface area contributed by atoms with Crippen LogP contribution in [0, 0.1) is 0 Å². The highest BCUT2D eigenvalue weighted by atomic mass is 32.2. The number of hydrogen-bond donors (Lipinski definition) is 0. The molecule has 7 heteroatoms. The Kier molecular flexibility index (Phi) is 4.35. The fourth-order valence-electron chi connectivity index (χ4n) is 2.05. The Morgan fingerprint density at radius 1 is 1.09 bits per heavy atom. The molecule has 3 aromatic rings. The van der Waals surface area contributed by atoms with E-state index < -0.39 is 9.84 Å². The number of sulfone groups is 1. The van der Waals surface area contributed by atoms with E-state index in [2.05, 4.69) is 10.1 Å². The average Bonchev–Trinajstić information content (AvgIpc) is 3.17. The van der Waals surface area contributed by atoms with Gasteiger partial charge in [0, 0.05) is 4.88 Å². The second-order valence-corrected chi connectivity index (χ2v) is 8.08. The first kappa shape index (κ1) is 14.9. The minimum absolute atomic E-state index is 0.118. The first-order valence-corrected chi connectivity index (χ1v) is 9.51. The van der Waals surface area contributed by atoms with E-state index in [0.29, 0.717) is 12.2 Å². The van der Waals surface area contributed by atoms with E-state index in [1.54, 1.807) is 22.3 Å². The summed E-state index contributed by atoms with van der Waals surface area (Å²) in [6.45, 7) is 0. The van der Waals surface area contributed by atoms with Crippen LogP contribution in [0.3, 0.4) is 0 Å². The van der Waals surface area contributed by atoms with Gasteiger partial charge in [0.2, 0.25) is 0 Å². The van der Waals surface area contributed by atoms with Gasteiger partial charge in [-0.2, -0.15) is 5.10 Å². The fourth-order valence-corrected chi connectivity index (χ4v) is 4.09. The molecule has 0 N–H and O–H groups in total. The van der Waals surface area contributed by atoms with Crippen molar-refractivity contribution in [2.45, 2.75) is 12.2 Å². The Hall–Kier alpha value is -1.99. The third-order valence-corrected chi connectivity index (χ3v) is 5.61. The zero-order valence-corrected chi connectivity index (χ0v) is 13.4. The van der Waals surface area contributed by atoms with Gasteiger partial charge in [0.25, 0.3) is 0 Å². The Balaban J connectivity index is 1.66. The molecule has 0 spiro atoms. The van der Waals surface area contributed by atoms with Crippen molar-refractivity contribution in [1.29, 1.82) is 0 Å². The highest BCUT2D eigenvalue weighted by Gasteiger charge is 2.16. The maximum Gasteiger partial charge on any atom is 0.166 e. The summed E-state index contributed by atoms with van der Waals surface area (Å²) in [5, 5.41) is 6.19. The molecule has 2 heterocycles. The van der Waals surface area contributed by atoms with E-state index in [4.69, 9.17) is 0 Å². The van der Waals surface area contributed by atoms with Crippen molar-refractivity contribution in [2.24, 2.45) is 0 Å². The monoisotopic (exact) mass is 333 g/mol. The summed E-state index contributed by atoms with van der Waals surface area (Å²) >= 11 is 1.57. The van der Waals surface area contributed by atoms with Crippen LogP contribution in [-0.2, 0) is 22.0 Å². The number of thiophene rings is 1. The van der Waals surface area contributed by atoms with Gasteiger partial charge >= 0.3 is 0 Å². The molecule has 0 fully saturated rings. The predicted octanol–water partition coefficient (Wildman–Crippen LogP) is 2.49. The van der Waals surface area contributed by atoms with Crippen molar-refractivity contribution in [1.82, 2.24) is 14.8 Å². The van der Waals surface area contributed by atoms with Crippen LogP contribution in [0.15, 0.2) is 54.2 Å². The molecule has 0 unspecified atom stereocenters. The van der Waals surface area contributed by atoms with Crippen molar-refractivity contribution in [3.63, 3.8) is 0 Å². The molecule has 114 valence electrons. The van der Waals surface area contributed by atoms with Gasteiger partial charge in [-0.05, 0) is 30.0 Å². The van der Waals surface area contributed by atoms with E-state index in [9.17, 15) is 8.42 Å². The Labute approximate surface area is 133 Å². The molecule has 5 nitrogen and oxygen atoms in total. The SMILES string of the molecule is O=S(=O)(CCc1cccs1)Cc1ncn(-c2ccccc2)n1. The van der Waals surface area contributed by atoms with Gasteiger partial charge in [0.1, 0.15) is 12.1 Å². The minimum Gasteiger partial charge on any atom is -0.228 e. The first-order valence-electron chi connectivity index (χ1n) is 6.81. The molecule has 0 atom stereocenters. The van der Waals surface area contributed by atoms with Crippen molar-refractivity contribution >= 4 is 21.2 Å². The largest absolute Gasteiger partial charge is 0.228 e. The number of hydrogen-bond acceptors (Lipinski definition) is 5. The molecule has 22 heavy (non-hydrogen) atoms. The number of aryl methyl sites for hydroxylation is 1. The van der Waals surface area contributed by atoms with Gasteiger partial charge in [-0.15, -0.1) is 11.3 Å². The third-order valence-electron chi connectivity index (χ3n) is 3.15. The maximum absolute atomic E-state index is 12.2. The van der Waals surface area contributed by atoms with E-state index in [1.807, 2.05) is 47.8 Å². The lowest BCUT2D eigenvalue weighted by molar-refractivity contribution is 0.593. The standard InChI is InChI=1S/C15H15N3O2S2/c19-22(20,10-8-14-7-4-9-21-14)11-15-16-12-18(17-15)13-5-2-1-3-6-13/h1-7,9,12H,8,10-11H2. The molecule has 0 radical (unpaired) electrons. The van der Waals surface area contributed by atoms with Crippen molar-refractivity contribution in [3.8, 4) is 5.69 Å². The summed E-state index contributed by atoms with van der Waals surface area (Å²) in [5.74, 6) is 0.320. The number of para-hydroxylation sites is 1. The summed E-state index contributed by atoms with van der Waals surface area (Å²) < 4.78 is 25.9. The molecule has 2 aromatic heterocycles. The van der Waals surface area contributed by atoms with E-state index >= 15 is 0 Å². The zero-order valence-electron chi connectivity index (χ0n) is 11.8. The number of benzene rings is 1. The smallest absolute Gasteiger partial charge is 0.166 e. The minimum atomic E-state index is -3.21. The van der Waals surface area contributed by atoms with Crippen LogP contribution in [0.4, 0.5) is 0 Å². The average molecular weight is 333 g/mol. The normalized spacial score (nSPS) is 11.6. The first-order chi connectivity index (χ1) is 10.6. The highest BCUT2D eigenvalue weighted by Crippen LogP contribution is 2.12. The van der Waals surface area contributed by atoms with E-state index in [1.165, 1.54) is 0 Å². The molecular formula is C15H15N3O2S2. The number of aromatic nitrogens is 3. The zero-order chi connectivity index (χ0) is 15.4. The topological polar surface area (TPSA) is 64.8 Å². The molecule has 3 rings (SSSR count). The van der Waals surface area contributed by atoms with Gasteiger partial charge in [0.15, 0.2) is 15.7 Å². The lowest BCUT2D eigenvalue weighted by Crippen LogP contribution is -2.12. The molecular weight excluding hydrogens is 318 g/mol. The second-order valence-electron chi connectivity index (χ2n) is 4.86. The van der Waals surface area contributed by atoms with Crippen molar-refractivity contribution in [3.05, 3.63) is 64.9 Å². The Bertz CT molecular complexity index is 825. The number of nitrogens with zero attached hydrogens (tertiary/aromatic N) is 3. The molecule has 0 aliphatic heterocycles.